The van der Waals surface area contributed by atoms with E-state index in [0.717, 1.165) is 57.0 Å². The van der Waals surface area contributed by atoms with Crippen molar-refractivity contribution in [3.63, 3.8) is 0 Å². The molecular weight excluding hydrogens is 252 g/mol. The van der Waals surface area contributed by atoms with E-state index in [2.05, 4.69) is 27.1 Å². The molecule has 5 heteroatoms. The number of aromatic nitrogens is 2. The molecule has 1 fully saturated rings. The summed E-state index contributed by atoms with van der Waals surface area (Å²) in [5, 5.41) is 12.6. The van der Waals surface area contributed by atoms with Crippen LogP contribution in [0.15, 0.2) is 6.20 Å². The summed E-state index contributed by atoms with van der Waals surface area (Å²) in [6, 6.07) is 0.481. The molecule has 1 saturated heterocycles. The van der Waals surface area contributed by atoms with E-state index in [0.29, 0.717) is 6.04 Å². The Kier molecular flexibility index (Phi) is 5.73. The molecule has 112 valence electrons. The lowest BCUT2D eigenvalue weighted by Gasteiger charge is -2.32. The molecule has 0 radical (unpaired) electrons. The normalized spacial score (nSPS) is 17.4. The van der Waals surface area contributed by atoms with Crippen molar-refractivity contribution in [3.05, 3.63) is 17.6 Å². The highest BCUT2D eigenvalue weighted by Gasteiger charge is 2.19. The third kappa shape index (κ3) is 4.15. The maximum atomic E-state index is 8.97. The van der Waals surface area contributed by atoms with E-state index in [4.69, 9.17) is 5.11 Å². The van der Waals surface area contributed by atoms with Gasteiger partial charge in [0.15, 0.2) is 0 Å². The van der Waals surface area contributed by atoms with Gasteiger partial charge in [0, 0.05) is 37.4 Å². The minimum atomic E-state index is 0.254. The zero-order valence-corrected chi connectivity index (χ0v) is 12.6. The van der Waals surface area contributed by atoms with E-state index in [1.165, 1.54) is 5.56 Å². The van der Waals surface area contributed by atoms with Gasteiger partial charge in [-0.05, 0) is 26.2 Å². The zero-order valence-electron chi connectivity index (χ0n) is 12.6. The molecule has 0 atom stereocenters. The number of rotatable bonds is 6. The van der Waals surface area contributed by atoms with E-state index in [1.807, 2.05) is 13.1 Å². The molecule has 0 aromatic carbocycles. The summed E-state index contributed by atoms with van der Waals surface area (Å²) in [7, 11) is 0. The van der Waals surface area contributed by atoms with Gasteiger partial charge in [-0.1, -0.05) is 13.3 Å². The van der Waals surface area contributed by atoms with Gasteiger partial charge in [-0.2, -0.15) is 0 Å². The number of likely N-dealkylation sites (tertiary alicyclic amines) is 1. The van der Waals surface area contributed by atoms with Gasteiger partial charge in [-0.25, -0.2) is 9.97 Å². The number of piperidine rings is 1. The number of aliphatic hydroxyl groups excluding tert-OH is 1. The second-order valence-corrected chi connectivity index (χ2v) is 5.52. The van der Waals surface area contributed by atoms with E-state index in [1.54, 1.807) is 0 Å². The highest BCUT2D eigenvalue weighted by molar-refractivity contribution is 5.44. The van der Waals surface area contributed by atoms with Gasteiger partial charge in [0.2, 0.25) is 0 Å². The van der Waals surface area contributed by atoms with Crippen LogP contribution in [0, 0.1) is 6.92 Å². The molecule has 1 aromatic rings. The molecule has 2 rings (SSSR count). The van der Waals surface area contributed by atoms with Crippen LogP contribution in [0.3, 0.4) is 0 Å². The molecule has 20 heavy (non-hydrogen) atoms. The van der Waals surface area contributed by atoms with Gasteiger partial charge in [0.05, 0.1) is 6.61 Å². The molecule has 1 aliphatic heterocycles. The van der Waals surface area contributed by atoms with E-state index in [-0.39, 0.29) is 6.61 Å². The van der Waals surface area contributed by atoms with E-state index >= 15 is 0 Å². The van der Waals surface area contributed by atoms with Crippen LogP contribution in [0.2, 0.25) is 0 Å². The first kappa shape index (κ1) is 15.2. The molecule has 5 nitrogen and oxygen atoms in total. The predicted octanol–water partition coefficient (Wildman–Crippen LogP) is 1.61. The first-order valence-electron chi connectivity index (χ1n) is 7.65. The number of nitrogens with one attached hydrogen (secondary N) is 1. The highest BCUT2D eigenvalue weighted by atomic mass is 16.3. The standard InChI is InChI=1S/C15H26N4O/c1-3-4-13-11-16-12(2)17-15(13)18-14-5-7-19(8-6-14)9-10-20/h11,14,20H,3-10H2,1-2H3,(H,16,17,18). The van der Waals surface area contributed by atoms with Gasteiger partial charge in [-0.3, -0.25) is 0 Å². The Morgan fingerprint density at radius 1 is 1.40 bits per heavy atom. The fourth-order valence-electron chi connectivity index (χ4n) is 2.71. The number of β-amino-alcohol motifs (C(OH)–C–C–N with tert-alkyl or cyclic N) is 1. The molecule has 0 unspecified atom stereocenters. The molecule has 0 bridgehead atoms. The maximum absolute atomic E-state index is 8.97. The van der Waals surface area contributed by atoms with Gasteiger partial charge in [0.1, 0.15) is 11.6 Å². The van der Waals surface area contributed by atoms with Crippen molar-refractivity contribution in [2.45, 2.75) is 45.6 Å². The molecule has 0 spiro atoms. The summed E-state index contributed by atoms with van der Waals surface area (Å²) in [5.41, 5.74) is 1.22. The van der Waals surface area contributed by atoms with Crippen molar-refractivity contribution in [2.75, 3.05) is 31.6 Å². The summed E-state index contributed by atoms with van der Waals surface area (Å²) in [4.78, 5) is 11.2. The Hall–Kier alpha value is -1.20. The summed E-state index contributed by atoms with van der Waals surface area (Å²) >= 11 is 0. The van der Waals surface area contributed by atoms with Crippen LogP contribution in [-0.2, 0) is 6.42 Å². The monoisotopic (exact) mass is 278 g/mol. The lowest BCUT2D eigenvalue weighted by Crippen LogP contribution is -2.40. The lowest BCUT2D eigenvalue weighted by atomic mass is 10.0. The smallest absolute Gasteiger partial charge is 0.133 e. The average Bonchev–Trinajstić information content (AvgIpc) is 2.44. The predicted molar refractivity (Wildman–Crippen MR) is 80.9 cm³/mol. The first-order valence-corrected chi connectivity index (χ1v) is 7.65. The number of anilines is 1. The molecular formula is C15H26N4O. The molecule has 2 heterocycles. The molecule has 0 aliphatic carbocycles. The fourth-order valence-corrected chi connectivity index (χ4v) is 2.71. The molecule has 0 saturated carbocycles. The van der Waals surface area contributed by atoms with Crippen molar-refractivity contribution in [3.8, 4) is 0 Å². The quantitative estimate of drug-likeness (QED) is 0.828. The molecule has 0 amide bonds. The average molecular weight is 278 g/mol. The number of hydrogen-bond acceptors (Lipinski definition) is 5. The maximum Gasteiger partial charge on any atom is 0.133 e. The Bertz CT molecular complexity index is 416. The van der Waals surface area contributed by atoms with Crippen LogP contribution in [0.4, 0.5) is 5.82 Å². The number of aryl methyl sites for hydroxylation is 2. The summed E-state index contributed by atoms with van der Waals surface area (Å²) in [6.07, 6.45) is 6.29. The molecule has 2 N–H and O–H groups in total. The van der Waals surface area contributed by atoms with Crippen molar-refractivity contribution in [1.29, 1.82) is 0 Å². The van der Waals surface area contributed by atoms with Gasteiger partial charge >= 0.3 is 0 Å². The van der Waals surface area contributed by atoms with Crippen LogP contribution < -0.4 is 5.32 Å². The number of aliphatic hydroxyl groups is 1. The second kappa shape index (κ2) is 7.55. The topological polar surface area (TPSA) is 61.3 Å². The largest absolute Gasteiger partial charge is 0.395 e. The van der Waals surface area contributed by atoms with E-state index in [9.17, 15) is 0 Å². The van der Waals surface area contributed by atoms with Crippen LogP contribution in [0.5, 0.6) is 0 Å². The SMILES string of the molecule is CCCc1cnc(C)nc1NC1CCN(CCO)CC1. The highest BCUT2D eigenvalue weighted by Crippen LogP contribution is 2.19. The Balaban J connectivity index is 1.95. The van der Waals surface area contributed by atoms with Gasteiger partial charge in [0.25, 0.3) is 0 Å². The van der Waals surface area contributed by atoms with Crippen LogP contribution in [0.25, 0.3) is 0 Å². The van der Waals surface area contributed by atoms with Gasteiger partial charge < -0.3 is 15.3 Å². The van der Waals surface area contributed by atoms with Crippen LogP contribution in [-0.4, -0.2) is 52.3 Å². The molecule has 1 aliphatic rings. The van der Waals surface area contributed by atoms with Crippen molar-refractivity contribution < 1.29 is 5.11 Å². The summed E-state index contributed by atoms with van der Waals surface area (Å²) in [6.45, 7) is 7.25. The third-order valence-electron chi connectivity index (χ3n) is 3.85. The van der Waals surface area contributed by atoms with Gasteiger partial charge in [-0.15, -0.1) is 0 Å². The third-order valence-corrected chi connectivity index (χ3v) is 3.85. The van der Waals surface area contributed by atoms with Crippen LogP contribution >= 0.6 is 0 Å². The fraction of sp³-hybridized carbons (Fsp3) is 0.733. The number of nitrogens with zero attached hydrogens (tertiary/aromatic N) is 3. The lowest BCUT2D eigenvalue weighted by molar-refractivity contribution is 0.168. The van der Waals surface area contributed by atoms with Crippen LogP contribution in [0.1, 0.15) is 37.6 Å². The Morgan fingerprint density at radius 3 is 2.80 bits per heavy atom. The molecule has 1 aromatic heterocycles. The Labute approximate surface area is 121 Å². The summed E-state index contributed by atoms with van der Waals surface area (Å²) in [5.74, 6) is 1.84. The minimum absolute atomic E-state index is 0.254. The number of hydrogen-bond donors (Lipinski definition) is 2. The first-order chi connectivity index (χ1) is 9.72. The second-order valence-electron chi connectivity index (χ2n) is 5.52. The zero-order chi connectivity index (χ0) is 14.4. The minimum Gasteiger partial charge on any atom is -0.395 e. The van der Waals surface area contributed by atoms with Crippen molar-refractivity contribution in [2.24, 2.45) is 0 Å². The van der Waals surface area contributed by atoms with Crippen molar-refractivity contribution >= 4 is 5.82 Å². The van der Waals surface area contributed by atoms with Crippen molar-refractivity contribution in [1.82, 2.24) is 14.9 Å². The summed E-state index contributed by atoms with van der Waals surface area (Å²) < 4.78 is 0. The Morgan fingerprint density at radius 2 is 2.15 bits per heavy atom. The van der Waals surface area contributed by atoms with E-state index < -0.39 is 0 Å².